The smallest absolute Gasteiger partial charge is 0.211 e. The molecule has 4 aromatic rings. The average molecular weight is 490 g/mol. The highest BCUT2D eigenvalue weighted by Gasteiger charge is 2.13. The monoisotopic (exact) mass is 489 g/mol. The van der Waals surface area contributed by atoms with Gasteiger partial charge in [-0.15, -0.1) is 0 Å². The SMILES string of the molecule is CC(C)(C)n1cc(NC=O)cn1.CCc1ccc(Oc2ccnc3ccc(OCCN)cc23)c(C)c1. The van der Waals surface area contributed by atoms with Crippen molar-refractivity contribution >= 4 is 23.0 Å². The molecule has 36 heavy (non-hydrogen) atoms. The number of nitrogens with two attached hydrogens (primary N) is 1. The van der Waals surface area contributed by atoms with E-state index >= 15 is 0 Å². The largest absolute Gasteiger partial charge is 0.492 e. The molecule has 0 fully saturated rings. The number of aryl methyl sites for hydroxylation is 2. The van der Waals surface area contributed by atoms with Gasteiger partial charge in [0.15, 0.2) is 0 Å². The minimum Gasteiger partial charge on any atom is -0.492 e. The number of hydrogen-bond acceptors (Lipinski definition) is 6. The molecule has 1 amide bonds. The molecule has 4 rings (SSSR count). The summed E-state index contributed by atoms with van der Waals surface area (Å²) < 4.78 is 13.6. The van der Waals surface area contributed by atoms with Gasteiger partial charge >= 0.3 is 0 Å². The maximum Gasteiger partial charge on any atom is 0.211 e. The lowest BCUT2D eigenvalue weighted by atomic mass is 10.1. The van der Waals surface area contributed by atoms with Crippen LogP contribution >= 0.6 is 0 Å². The normalized spacial score (nSPS) is 10.9. The van der Waals surface area contributed by atoms with E-state index in [0.29, 0.717) is 19.6 Å². The van der Waals surface area contributed by atoms with Crippen LogP contribution in [-0.4, -0.2) is 34.3 Å². The number of benzene rings is 2. The summed E-state index contributed by atoms with van der Waals surface area (Å²) in [6, 6.07) is 13.9. The number of pyridine rings is 1. The van der Waals surface area contributed by atoms with Crippen LogP contribution in [0, 0.1) is 6.92 Å². The van der Waals surface area contributed by atoms with Crippen molar-refractivity contribution in [1.29, 1.82) is 0 Å². The summed E-state index contributed by atoms with van der Waals surface area (Å²) in [5.41, 5.74) is 9.48. The Labute approximate surface area is 212 Å². The van der Waals surface area contributed by atoms with E-state index in [1.165, 1.54) is 5.56 Å². The Hall–Kier alpha value is -3.91. The van der Waals surface area contributed by atoms with Crippen molar-refractivity contribution in [2.75, 3.05) is 18.5 Å². The number of carbonyl (C=O) groups excluding carboxylic acids is 1. The molecule has 0 saturated carbocycles. The summed E-state index contributed by atoms with van der Waals surface area (Å²) >= 11 is 0. The number of nitrogens with one attached hydrogen (secondary N) is 1. The van der Waals surface area contributed by atoms with Crippen molar-refractivity contribution in [3.8, 4) is 17.2 Å². The average Bonchev–Trinajstić information content (AvgIpc) is 3.34. The van der Waals surface area contributed by atoms with Gasteiger partial charge in [0.1, 0.15) is 23.9 Å². The fourth-order valence-corrected chi connectivity index (χ4v) is 3.45. The Morgan fingerprint density at radius 1 is 1.11 bits per heavy atom. The van der Waals surface area contributed by atoms with E-state index < -0.39 is 0 Å². The zero-order valence-electron chi connectivity index (χ0n) is 21.6. The molecular formula is C28H35N5O3. The van der Waals surface area contributed by atoms with Gasteiger partial charge in [0.05, 0.1) is 22.9 Å². The number of amides is 1. The standard InChI is InChI=1S/C20H22N2O2.C8H13N3O/c1-3-15-4-7-19(14(2)12-15)24-20-8-10-22-18-6-5-16(13-17(18)20)23-11-9-21;1-8(2,3)11-5-7(4-10-11)9-6-12/h4-8,10,12-13H,3,9,11,21H2,1-2H3;4-6H,1-3H3,(H,9,12). The van der Waals surface area contributed by atoms with Crippen LogP contribution in [0.3, 0.4) is 0 Å². The molecular weight excluding hydrogens is 454 g/mol. The zero-order valence-corrected chi connectivity index (χ0v) is 21.6. The van der Waals surface area contributed by atoms with Gasteiger partial charge in [0, 0.05) is 24.3 Å². The first-order chi connectivity index (χ1) is 17.2. The van der Waals surface area contributed by atoms with Gasteiger partial charge in [0.25, 0.3) is 0 Å². The Bertz CT molecular complexity index is 1290. The van der Waals surface area contributed by atoms with Gasteiger partial charge in [-0.1, -0.05) is 19.1 Å². The summed E-state index contributed by atoms with van der Waals surface area (Å²) in [4.78, 5) is 14.5. The fourth-order valence-electron chi connectivity index (χ4n) is 3.45. The van der Waals surface area contributed by atoms with Gasteiger partial charge in [-0.3, -0.25) is 14.5 Å². The van der Waals surface area contributed by atoms with Gasteiger partial charge in [-0.25, -0.2) is 0 Å². The molecule has 8 nitrogen and oxygen atoms in total. The molecule has 0 atom stereocenters. The maximum absolute atomic E-state index is 10.1. The second-order valence-electron chi connectivity index (χ2n) is 9.29. The minimum atomic E-state index is -0.0389. The Kier molecular flexibility index (Phi) is 9.02. The van der Waals surface area contributed by atoms with Crippen LogP contribution in [0.4, 0.5) is 5.69 Å². The predicted molar refractivity (Wildman–Crippen MR) is 144 cm³/mol. The molecule has 0 radical (unpaired) electrons. The van der Waals surface area contributed by atoms with E-state index in [-0.39, 0.29) is 5.54 Å². The Morgan fingerprint density at radius 3 is 2.56 bits per heavy atom. The van der Waals surface area contributed by atoms with Crippen LogP contribution in [0.5, 0.6) is 17.2 Å². The van der Waals surface area contributed by atoms with Gasteiger partial charge < -0.3 is 20.5 Å². The molecule has 0 saturated heterocycles. The molecule has 2 aromatic heterocycles. The first kappa shape index (κ1) is 26.7. The third-order valence-corrected chi connectivity index (χ3v) is 5.42. The summed E-state index contributed by atoms with van der Waals surface area (Å²) in [5, 5.41) is 7.56. The number of aromatic nitrogens is 3. The van der Waals surface area contributed by atoms with Crippen molar-refractivity contribution in [3.63, 3.8) is 0 Å². The summed E-state index contributed by atoms with van der Waals surface area (Å²) in [7, 11) is 0. The molecule has 0 bridgehead atoms. The lowest BCUT2D eigenvalue weighted by Gasteiger charge is -2.18. The highest BCUT2D eigenvalue weighted by molar-refractivity contribution is 5.86. The molecule has 190 valence electrons. The van der Waals surface area contributed by atoms with Gasteiger partial charge in [0.2, 0.25) is 6.41 Å². The summed E-state index contributed by atoms with van der Waals surface area (Å²) in [6.45, 7) is 11.3. The zero-order chi connectivity index (χ0) is 26.1. The minimum absolute atomic E-state index is 0.0389. The fraction of sp³-hybridized carbons (Fsp3) is 0.321. The van der Waals surface area contributed by atoms with Crippen molar-refractivity contribution in [2.45, 2.75) is 46.6 Å². The third kappa shape index (κ3) is 7.05. The molecule has 8 heteroatoms. The molecule has 0 aliphatic rings. The van der Waals surface area contributed by atoms with E-state index in [1.807, 2.05) is 51.1 Å². The predicted octanol–water partition coefficient (Wildman–Crippen LogP) is 5.44. The molecule has 0 unspecified atom stereocenters. The quantitative estimate of drug-likeness (QED) is 0.319. The lowest BCUT2D eigenvalue weighted by Crippen LogP contribution is -2.21. The van der Waals surface area contributed by atoms with Crippen LogP contribution in [0.15, 0.2) is 61.1 Å². The molecule has 3 N–H and O–H groups in total. The van der Waals surface area contributed by atoms with E-state index in [4.69, 9.17) is 15.2 Å². The first-order valence-corrected chi connectivity index (χ1v) is 12.0. The number of rotatable bonds is 8. The molecule has 0 spiro atoms. The number of nitrogens with zero attached hydrogens (tertiary/aromatic N) is 3. The van der Waals surface area contributed by atoms with Crippen molar-refractivity contribution < 1.29 is 14.3 Å². The number of anilines is 1. The number of carbonyl (C=O) groups is 1. The number of hydrogen-bond donors (Lipinski definition) is 2. The molecule has 0 aliphatic heterocycles. The van der Waals surface area contributed by atoms with Crippen LogP contribution in [-0.2, 0) is 16.8 Å². The summed E-state index contributed by atoms with van der Waals surface area (Å²) in [5.74, 6) is 2.39. The second-order valence-corrected chi connectivity index (χ2v) is 9.29. The van der Waals surface area contributed by atoms with Crippen LogP contribution in [0.1, 0.15) is 38.8 Å². The van der Waals surface area contributed by atoms with Gasteiger partial charge in [-0.05, 0) is 75.6 Å². The van der Waals surface area contributed by atoms with Crippen molar-refractivity contribution in [3.05, 3.63) is 72.2 Å². The Balaban J connectivity index is 0.000000253. The maximum atomic E-state index is 10.1. The highest BCUT2D eigenvalue weighted by atomic mass is 16.5. The second kappa shape index (κ2) is 12.2. The highest BCUT2D eigenvalue weighted by Crippen LogP contribution is 2.33. The molecule has 0 aliphatic carbocycles. The van der Waals surface area contributed by atoms with Crippen LogP contribution in [0.2, 0.25) is 0 Å². The first-order valence-electron chi connectivity index (χ1n) is 12.0. The van der Waals surface area contributed by atoms with E-state index in [2.05, 4.69) is 41.4 Å². The van der Waals surface area contributed by atoms with Gasteiger partial charge in [-0.2, -0.15) is 5.10 Å². The molecule has 2 heterocycles. The number of ether oxygens (including phenoxy) is 2. The third-order valence-electron chi connectivity index (χ3n) is 5.42. The topological polar surface area (TPSA) is 104 Å². The van der Waals surface area contributed by atoms with E-state index in [9.17, 15) is 4.79 Å². The lowest BCUT2D eigenvalue weighted by molar-refractivity contribution is -0.105. The summed E-state index contributed by atoms with van der Waals surface area (Å²) in [6.07, 6.45) is 6.84. The van der Waals surface area contributed by atoms with E-state index in [0.717, 1.165) is 45.8 Å². The van der Waals surface area contributed by atoms with E-state index in [1.54, 1.807) is 23.3 Å². The molecule has 2 aromatic carbocycles. The van der Waals surface area contributed by atoms with Crippen LogP contribution < -0.4 is 20.5 Å². The van der Waals surface area contributed by atoms with Crippen LogP contribution in [0.25, 0.3) is 10.9 Å². The Morgan fingerprint density at radius 2 is 1.92 bits per heavy atom. The number of fused-ring (bicyclic) bond motifs is 1. The van der Waals surface area contributed by atoms with Crippen molar-refractivity contribution in [1.82, 2.24) is 14.8 Å². The van der Waals surface area contributed by atoms with Crippen molar-refractivity contribution in [2.24, 2.45) is 5.73 Å².